The Bertz CT molecular complexity index is 493. The molecule has 0 radical (unpaired) electrons. The van der Waals surface area contributed by atoms with Crippen molar-refractivity contribution in [3.05, 3.63) is 23.8 Å². The molecule has 1 fully saturated rings. The zero-order valence-electron chi connectivity index (χ0n) is 12.6. The van der Waals surface area contributed by atoms with E-state index in [9.17, 15) is 9.59 Å². The number of anilines is 1. The molecule has 1 saturated carbocycles. The third-order valence-corrected chi connectivity index (χ3v) is 3.84. The lowest BCUT2D eigenvalue weighted by molar-refractivity contribution is -0.120. The summed E-state index contributed by atoms with van der Waals surface area (Å²) >= 11 is 0. The Hall–Kier alpha value is -1.84. The molecule has 0 aromatic heterocycles. The zero-order chi connectivity index (χ0) is 15.1. The second-order valence-corrected chi connectivity index (χ2v) is 5.55. The lowest BCUT2D eigenvalue weighted by atomic mass is 9.88. The van der Waals surface area contributed by atoms with Gasteiger partial charge in [0.15, 0.2) is 0 Å². The monoisotopic (exact) mass is 289 g/mol. The zero-order valence-corrected chi connectivity index (χ0v) is 12.6. The number of amides is 1. The van der Waals surface area contributed by atoms with Crippen LogP contribution in [0.3, 0.4) is 0 Å². The Morgan fingerprint density at radius 2 is 2.10 bits per heavy atom. The maximum absolute atomic E-state index is 12.3. The van der Waals surface area contributed by atoms with E-state index in [0.29, 0.717) is 23.6 Å². The summed E-state index contributed by atoms with van der Waals surface area (Å²) in [4.78, 5) is 23.3. The van der Waals surface area contributed by atoms with E-state index in [1.54, 1.807) is 18.2 Å². The Balaban J connectivity index is 2.11. The third-order valence-electron chi connectivity index (χ3n) is 3.84. The van der Waals surface area contributed by atoms with Crippen molar-refractivity contribution < 1.29 is 14.3 Å². The first kappa shape index (κ1) is 15.5. The minimum atomic E-state index is 0.0408. The van der Waals surface area contributed by atoms with E-state index in [1.165, 1.54) is 6.42 Å². The number of carbonyl (C=O) groups is 2. The predicted molar refractivity (Wildman–Crippen MR) is 82.8 cm³/mol. The van der Waals surface area contributed by atoms with Crippen LogP contribution in [-0.2, 0) is 4.79 Å². The average Bonchev–Trinajstić information content (AvgIpc) is 2.54. The molecule has 2 rings (SSSR count). The summed E-state index contributed by atoms with van der Waals surface area (Å²) in [6.07, 6.45) is 7.02. The molecule has 0 bridgehead atoms. The van der Waals surface area contributed by atoms with E-state index in [0.717, 1.165) is 38.4 Å². The number of benzene rings is 1. The van der Waals surface area contributed by atoms with Gasteiger partial charge in [0.1, 0.15) is 12.0 Å². The fraction of sp³-hybridized carbons (Fsp3) is 0.529. The number of hydrogen-bond donors (Lipinski definition) is 1. The van der Waals surface area contributed by atoms with Crippen molar-refractivity contribution in [2.75, 3.05) is 11.9 Å². The van der Waals surface area contributed by atoms with Gasteiger partial charge in [0.25, 0.3) is 0 Å². The molecule has 1 aliphatic carbocycles. The molecule has 0 unspecified atom stereocenters. The number of nitrogens with one attached hydrogen (secondary N) is 1. The van der Waals surface area contributed by atoms with Gasteiger partial charge >= 0.3 is 0 Å². The van der Waals surface area contributed by atoms with Crippen molar-refractivity contribution in [3.8, 4) is 5.75 Å². The van der Waals surface area contributed by atoms with Gasteiger partial charge < -0.3 is 10.1 Å². The SMILES string of the molecule is CCCOc1ccc(C=O)cc1NC(=O)C1CCCCC1. The van der Waals surface area contributed by atoms with Crippen LogP contribution < -0.4 is 10.1 Å². The van der Waals surface area contributed by atoms with Gasteiger partial charge in [0, 0.05) is 11.5 Å². The minimum absolute atomic E-state index is 0.0408. The summed E-state index contributed by atoms with van der Waals surface area (Å²) in [7, 11) is 0. The summed E-state index contributed by atoms with van der Waals surface area (Å²) in [5.74, 6) is 0.753. The smallest absolute Gasteiger partial charge is 0.227 e. The second-order valence-electron chi connectivity index (χ2n) is 5.55. The van der Waals surface area contributed by atoms with Crippen molar-refractivity contribution in [1.82, 2.24) is 0 Å². The molecule has 0 saturated heterocycles. The second kappa shape index (κ2) is 7.81. The van der Waals surface area contributed by atoms with E-state index in [2.05, 4.69) is 5.32 Å². The van der Waals surface area contributed by atoms with Crippen LogP contribution in [0.5, 0.6) is 5.75 Å². The van der Waals surface area contributed by atoms with Crippen LogP contribution >= 0.6 is 0 Å². The number of hydrogen-bond acceptors (Lipinski definition) is 3. The maximum atomic E-state index is 12.3. The number of aldehydes is 1. The van der Waals surface area contributed by atoms with E-state index in [1.807, 2.05) is 6.92 Å². The fourth-order valence-electron chi connectivity index (χ4n) is 2.66. The number of rotatable bonds is 6. The van der Waals surface area contributed by atoms with Crippen LogP contribution in [-0.4, -0.2) is 18.8 Å². The standard InChI is InChI=1S/C17H23NO3/c1-2-10-21-16-9-8-13(12-19)11-15(16)18-17(20)14-6-4-3-5-7-14/h8-9,11-12,14H,2-7,10H2,1H3,(H,18,20). The van der Waals surface area contributed by atoms with Gasteiger partial charge in [-0.05, 0) is 37.5 Å². The molecule has 4 nitrogen and oxygen atoms in total. The van der Waals surface area contributed by atoms with Gasteiger partial charge in [-0.15, -0.1) is 0 Å². The molecular weight excluding hydrogens is 266 g/mol. The highest BCUT2D eigenvalue weighted by Gasteiger charge is 2.22. The molecule has 0 spiro atoms. The lowest BCUT2D eigenvalue weighted by Crippen LogP contribution is -2.25. The Morgan fingerprint density at radius 1 is 1.33 bits per heavy atom. The van der Waals surface area contributed by atoms with Crippen molar-refractivity contribution in [3.63, 3.8) is 0 Å². The Morgan fingerprint density at radius 3 is 2.76 bits per heavy atom. The molecule has 1 aromatic rings. The Labute approximate surface area is 125 Å². The van der Waals surface area contributed by atoms with Crippen LogP contribution in [0.1, 0.15) is 55.8 Å². The van der Waals surface area contributed by atoms with E-state index in [4.69, 9.17) is 4.74 Å². The van der Waals surface area contributed by atoms with Crippen molar-refractivity contribution in [2.24, 2.45) is 5.92 Å². The van der Waals surface area contributed by atoms with Crippen molar-refractivity contribution >= 4 is 17.9 Å². The van der Waals surface area contributed by atoms with Gasteiger partial charge in [0.2, 0.25) is 5.91 Å². The molecule has 1 aromatic carbocycles. The molecule has 0 heterocycles. The quantitative estimate of drug-likeness (QED) is 0.810. The first-order valence-corrected chi connectivity index (χ1v) is 7.77. The van der Waals surface area contributed by atoms with Crippen LogP contribution in [0, 0.1) is 5.92 Å². The van der Waals surface area contributed by atoms with Gasteiger partial charge in [-0.1, -0.05) is 26.2 Å². The van der Waals surface area contributed by atoms with E-state index >= 15 is 0 Å². The molecule has 1 amide bonds. The van der Waals surface area contributed by atoms with E-state index in [-0.39, 0.29) is 11.8 Å². The third kappa shape index (κ3) is 4.31. The molecule has 1 N–H and O–H groups in total. The molecule has 0 aliphatic heterocycles. The summed E-state index contributed by atoms with van der Waals surface area (Å²) in [6, 6.07) is 5.13. The van der Waals surface area contributed by atoms with Crippen molar-refractivity contribution in [2.45, 2.75) is 45.4 Å². The molecule has 114 valence electrons. The van der Waals surface area contributed by atoms with Crippen LogP contribution in [0.25, 0.3) is 0 Å². The van der Waals surface area contributed by atoms with Crippen LogP contribution in [0.4, 0.5) is 5.69 Å². The largest absolute Gasteiger partial charge is 0.491 e. The number of ether oxygens (including phenoxy) is 1. The molecule has 0 atom stereocenters. The average molecular weight is 289 g/mol. The van der Waals surface area contributed by atoms with Gasteiger partial charge in [-0.2, -0.15) is 0 Å². The summed E-state index contributed by atoms with van der Waals surface area (Å²) in [5, 5.41) is 2.94. The molecule has 4 heteroatoms. The normalized spacial score (nSPS) is 15.5. The fourth-order valence-corrected chi connectivity index (χ4v) is 2.66. The highest BCUT2D eigenvalue weighted by atomic mass is 16.5. The molecule has 21 heavy (non-hydrogen) atoms. The van der Waals surface area contributed by atoms with E-state index < -0.39 is 0 Å². The Kier molecular flexibility index (Phi) is 5.78. The van der Waals surface area contributed by atoms with Crippen LogP contribution in [0.2, 0.25) is 0 Å². The summed E-state index contributed by atoms with van der Waals surface area (Å²) in [6.45, 7) is 2.62. The number of carbonyl (C=O) groups excluding carboxylic acids is 2. The van der Waals surface area contributed by atoms with Crippen molar-refractivity contribution in [1.29, 1.82) is 0 Å². The maximum Gasteiger partial charge on any atom is 0.227 e. The summed E-state index contributed by atoms with van der Waals surface area (Å²) in [5.41, 5.74) is 1.14. The minimum Gasteiger partial charge on any atom is -0.491 e. The first-order valence-electron chi connectivity index (χ1n) is 7.77. The van der Waals surface area contributed by atoms with Gasteiger partial charge in [-0.3, -0.25) is 9.59 Å². The first-order chi connectivity index (χ1) is 10.2. The molecule has 1 aliphatic rings. The topological polar surface area (TPSA) is 55.4 Å². The lowest BCUT2D eigenvalue weighted by Gasteiger charge is -2.21. The predicted octanol–water partition coefficient (Wildman–Crippen LogP) is 3.81. The molecular formula is C17H23NO3. The van der Waals surface area contributed by atoms with Gasteiger partial charge in [0.05, 0.1) is 12.3 Å². The highest BCUT2D eigenvalue weighted by molar-refractivity contribution is 5.95. The summed E-state index contributed by atoms with van der Waals surface area (Å²) < 4.78 is 5.64. The van der Waals surface area contributed by atoms with Crippen LogP contribution in [0.15, 0.2) is 18.2 Å². The highest BCUT2D eigenvalue weighted by Crippen LogP contribution is 2.29. The van der Waals surface area contributed by atoms with Gasteiger partial charge in [-0.25, -0.2) is 0 Å².